The van der Waals surface area contributed by atoms with E-state index in [2.05, 4.69) is 9.97 Å². The zero-order chi connectivity index (χ0) is 17.4. The Kier molecular flexibility index (Phi) is 3.72. The Morgan fingerprint density at radius 3 is 2.76 bits per heavy atom. The number of nitrogens with one attached hydrogen (secondary N) is 1. The highest BCUT2D eigenvalue weighted by atomic mass is 19.1. The maximum absolute atomic E-state index is 14.3. The number of imidazole rings is 1. The summed E-state index contributed by atoms with van der Waals surface area (Å²) in [6.45, 7) is 0. The van der Waals surface area contributed by atoms with E-state index < -0.39 is 5.82 Å². The van der Waals surface area contributed by atoms with Gasteiger partial charge in [-0.15, -0.1) is 0 Å². The molecular formula is C19H17FN4O. The highest BCUT2D eigenvalue weighted by molar-refractivity contribution is 5.95. The molecule has 0 bridgehead atoms. The highest BCUT2D eigenvalue weighted by Crippen LogP contribution is 2.30. The Balaban J connectivity index is 0.000000474. The molecule has 3 heterocycles. The first-order valence-electron chi connectivity index (χ1n) is 8.18. The summed E-state index contributed by atoms with van der Waals surface area (Å²) in [6.07, 6.45) is 8.58. The fourth-order valence-electron chi connectivity index (χ4n) is 2.74. The number of H-pyrrole nitrogens is 1. The van der Waals surface area contributed by atoms with Gasteiger partial charge in [0.05, 0.1) is 0 Å². The van der Waals surface area contributed by atoms with Gasteiger partial charge in [0, 0.05) is 28.9 Å². The van der Waals surface area contributed by atoms with Crippen LogP contribution in [-0.2, 0) is 0 Å². The molecule has 0 amide bonds. The standard InChI is InChI=1S/C16H11FN4O.C3H6/c17-12-6-9(7-21-14(8-22)15(18)20-16(12)21)10-2-1-3-13-11(10)4-5-19-13;1-2-3-1/h1-8,19H,18H2;1-3H2. The van der Waals surface area contributed by atoms with Crippen molar-refractivity contribution in [2.24, 2.45) is 0 Å². The van der Waals surface area contributed by atoms with Gasteiger partial charge < -0.3 is 10.7 Å². The number of aromatic nitrogens is 3. The van der Waals surface area contributed by atoms with Crippen LogP contribution in [0.1, 0.15) is 29.8 Å². The van der Waals surface area contributed by atoms with Gasteiger partial charge in [-0.3, -0.25) is 9.20 Å². The number of benzene rings is 1. The number of carbonyl (C=O) groups is 1. The molecule has 1 aliphatic rings. The molecule has 0 saturated heterocycles. The fourth-order valence-corrected chi connectivity index (χ4v) is 2.74. The molecule has 0 radical (unpaired) electrons. The molecule has 4 aromatic rings. The van der Waals surface area contributed by atoms with Crippen molar-refractivity contribution in [3.63, 3.8) is 0 Å². The van der Waals surface area contributed by atoms with Crippen LogP contribution in [0.2, 0.25) is 0 Å². The van der Waals surface area contributed by atoms with Crippen molar-refractivity contribution in [1.82, 2.24) is 14.4 Å². The monoisotopic (exact) mass is 336 g/mol. The van der Waals surface area contributed by atoms with Gasteiger partial charge in [0.2, 0.25) is 0 Å². The number of nitrogens with zero attached hydrogens (tertiary/aromatic N) is 2. The van der Waals surface area contributed by atoms with Crippen LogP contribution < -0.4 is 5.73 Å². The molecule has 1 fully saturated rings. The van der Waals surface area contributed by atoms with Gasteiger partial charge in [-0.25, -0.2) is 9.37 Å². The quantitative estimate of drug-likeness (QED) is 0.539. The second kappa shape index (κ2) is 6.05. The van der Waals surface area contributed by atoms with E-state index in [1.54, 1.807) is 6.20 Å². The topological polar surface area (TPSA) is 76.2 Å². The minimum absolute atomic E-state index is 0.0194. The smallest absolute Gasteiger partial charge is 0.176 e. The van der Waals surface area contributed by atoms with Crippen LogP contribution in [0.4, 0.5) is 10.2 Å². The van der Waals surface area contributed by atoms with E-state index in [0.717, 1.165) is 16.5 Å². The predicted molar refractivity (Wildman–Crippen MR) is 96.1 cm³/mol. The average Bonchev–Trinajstić information content (AvgIpc) is 3.35. The number of fused-ring (bicyclic) bond motifs is 2. The molecule has 0 unspecified atom stereocenters. The lowest BCUT2D eigenvalue weighted by molar-refractivity contribution is 0.111. The molecule has 0 aliphatic heterocycles. The fraction of sp³-hybridized carbons (Fsp3) is 0.158. The Morgan fingerprint density at radius 1 is 1.24 bits per heavy atom. The number of halogens is 1. The zero-order valence-electron chi connectivity index (χ0n) is 13.5. The molecule has 5 nitrogen and oxygen atoms in total. The number of pyridine rings is 1. The summed E-state index contributed by atoms with van der Waals surface area (Å²) in [5.74, 6) is -0.504. The lowest BCUT2D eigenvalue weighted by atomic mass is 10.0. The van der Waals surface area contributed by atoms with E-state index in [-0.39, 0.29) is 17.2 Å². The van der Waals surface area contributed by atoms with Crippen molar-refractivity contribution < 1.29 is 9.18 Å². The van der Waals surface area contributed by atoms with E-state index in [1.165, 1.54) is 29.7 Å². The first kappa shape index (κ1) is 15.4. The van der Waals surface area contributed by atoms with Crippen molar-refractivity contribution in [1.29, 1.82) is 0 Å². The van der Waals surface area contributed by atoms with E-state index >= 15 is 0 Å². The summed E-state index contributed by atoms with van der Waals surface area (Å²) in [5, 5.41) is 0.974. The molecule has 5 rings (SSSR count). The van der Waals surface area contributed by atoms with Crippen LogP contribution in [0.25, 0.3) is 27.7 Å². The highest BCUT2D eigenvalue weighted by Gasteiger charge is 2.15. The summed E-state index contributed by atoms with van der Waals surface area (Å²) < 4.78 is 15.7. The van der Waals surface area contributed by atoms with E-state index in [1.807, 2.05) is 30.5 Å². The van der Waals surface area contributed by atoms with Crippen LogP contribution >= 0.6 is 0 Å². The van der Waals surface area contributed by atoms with Crippen molar-refractivity contribution in [3.05, 3.63) is 54.2 Å². The van der Waals surface area contributed by atoms with Crippen molar-refractivity contribution >= 4 is 28.7 Å². The number of carbonyl (C=O) groups excluding carboxylic acids is 1. The van der Waals surface area contributed by atoms with E-state index in [0.29, 0.717) is 11.8 Å². The number of rotatable bonds is 2. The van der Waals surface area contributed by atoms with Crippen LogP contribution in [0.5, 0.6) is 0 Å². The van der Waals surface area contributed by atoms with Gasteiger partial charge in [-0.2, -0.15) is 0 Å². The maximum Gasteiger partial charge on any atom is 0.176 e. The molecule has 3 aromatic heterocycles. The van der Waals surface area contributed by atoms with Gasteiger partial charge in [0.1, 0.15) is 5.69 Å². The van der Waals surface area contributed by atoms with Crippen LogP contribution in [0.15, 0.2) is 42.7 Å². The summed E-state index contributed by atoms with van der Waals surface area (Å²) in [6, 6.07) is 9.06. The Hall–Kier alpha value is -3.15. The van der Waals surface area contributed by atoms with E-state index in [9.17, 15) is 9.18 Å². The number of nitrogens with two attached hydrogens (primary N) is 1. The molecule has 6 heteroatoms. The normalized spacial score (nSPS) is 12.8. The van der Waals surface area contributed by atoms with Crippen LogP contribution in [-0.4, -0.2) is 20.7 Å². The molecule has 0 spiro atoms. The van der Waals surface area contributed by atoms with Gasteiger partial charge in [0.25, 0.3) is 0 Å². The zero-order valence-corrected chi connectivity index (χ0v) is 13.5. The molecular weight excluding hydrogens is 319 g/mol. The number of hydrogen-bond acceptors (Lipinski definition) is 3. The predicted octanol–water partition coefficient (Wildman–Crippen LogP) is 4.19. The Morgan fingerprint density at radius 2 is 2.04 bits per heavy atom. The molecule has 25 heavy (non-hydrogen) atoms. The lowest BCUT2D eigenvalue weighted by Gasteiger charge is -2.06. The number of aldehydes is 1. The third-order valence-electron chi connectivity index (χ3n) is 4.11. The third kappa shape index (κ3) is 2.76. The molecule has 1 saturated carbocycles. The largest absolute Gasteiger partial charge is 0.382 e. The lowest BCUT2D eigenvalue weighted by Crippen LogP contribution is -1.97. The average molecular weight is 336 g/mol. The number of anilines is 1. The first-order chi connectivity index (χ1) is 12.2. The second-order valence-corrected chi connectivity index (χ2v) is 6.08. The minimum Gasteiger partial charge on any atom is -0.382 e. The van der Waals surface area contributed by atoms with E-state index in [4.69, 9.17) is 5.73 Å². The SMILES string of the molecule is C1CC1.Nc1nc2c(F)cc(-c3cccc4[nH]ccc34)cn2c1C=O. The number of aromatic amines is 1. The molecule has 0 atom stereocenters. The van der Waals surface area contributed by atoms with Crippen molar-refractivity contribution in [3.8, 4) is 11.1 Å². The van der Waals surface area contributed by atoms with Crippen molar-refractivity contribution in [2.75, 3.05) is 5.73 Å². The first-order valence-corrected chi connectivity index (χ1v) is 8.18. The molecule has 126 valence electrons. The molecule has 1 aromatic carbocycles. The summed E-state index contributed by atoms with van der Waals surface area (Å²) >= 11 is 0. The number of nitrogen functional groups attached to an aromatic ring is 1. The summed E-state index contributed by atoms with van der Waals surface area (Å²) in [5.41, 5.74) is 8.33. The molecule has 3 N–H and O–H groups in total. The third-order valence-corrected chi connectivity index (χ3v) is 4.11. The van der Waals surface area contributed by atoms with Gasteiger partial charge >= 0.3 is 0 Å². The second-order valence-electron chi connectivity index (χ2n) is 6.08. The summed E-state index contributed by atoms with van der Waals surface area (Å²) in [7, 11) is 0. The Bertz CT molecular complexity index is 1080. The number of hydrogen-bond donors (Lipinski definition) is 2. The van der Waals surface area contributed by atoms with Crippen LogP contribution in [0.3, 0.4) is 0 Å². The Labute approximate surface area is 143 Å². The van der Waals surface area contributed by atoms with Gasteiger partial charge in [-0.05, 0) is 23.8 Å². The maximum atomic E-state index is 14.3. The minimum atomic E-state index is -0.523. The van der Waals surface area contributed by atoms with Gasteiger partial charge in [-0.1, -0.05) is 31.4 Å². The van der Waals surface area contributed by atoms with Gasteiger partial charge in [0.15, 0.2) is 23.6 Å². The van der Waals surface area contributed by atoms with Crippen molar-refractivity contribution in [2.45, 2.75) is 19.3 Å². The molecule has 1 aliphatic carbocycles. The summed E-state index contributed by atoms with van der Waals surface area (Å²) in [4.78, 5) is 18.2. The van der Waals surface area contributed by atoms with Crippen LogP contribution in [0, 0.1) is 5.82 Å².